The molecular formula is C12H9N3O3. The number of aromatic carboxylic acids is 1. The van der Waals surface area contributed by atoms with Crippen LogP contribution >= 0.6 is 0 Å². The van der Waals surface area contributed by atoms with Gasteiger partial charge in [0.15, 0.2) is 0 Å². The highest BCUT2D eigenvalue weighted by Crippen LogP contribution is 2.27. The monoisotopic (exact) mass is 243 g/mol. The highest BCUT2D eigenvalue weighted by molar-refractivity contribution is 5.93. The third kappa shape index (κ3) is 1.46. The zero-order valence-electron chi connectivity index (χ0n) is 9.49. The van der Waals surface area contributed by atoms with Crippen molar-refractivity contribution in [3.05, 3.63) is 36.1 Å². The van der Waals surface area contributed by atoms with Crippen molar-refractivity contribution in [3.63, 3.8) is 0 Å². The minimum absolute atomic E-state index is 0.185. The normalized spacial score (nSPS) is 10.9. The molecule has 6 nitrogen and oxygen atoms in total. The Morgan fingerprint density at radius 3 is 2.89 bits per heavy atom. The van der Waals surface area contributed by atoms with Crippen molar-refractivity contribution in [1.29, 1.82) is 0 Å². The lowest BCUT2D eigenvalue weighted by Crippen LogP contribution is -1.94. The van der Waals surface area contributed by atoms with E-state index in [-0.39, 0.29) is 5.76 Å². The number of carbonyl (C=O) groups is 1. The van der Waals surface area contributed by atoms with Crippen molar-refractivity contribution < 1.29 is 14.4 Å². The number of nitrogens with zero attached hydrogens (tertiary/aromatic N) is 3. The molecule has 0 spiro atoms. The molecule has 1 aromatic carbocycles. The highest BCUT2D eigenvalue weighted by Gasteiger charge is 2.17. The van der Waals surface area contributed by atoms with E-state index in [4.69, 9.17) is 9.63 Å². The molecule has 0 aliphatic rings. The van der Waals surface area contributed by atoms with Gasteiger partial charge in [-0.15, -0.1) is 0 Å². The predicted octanol–water partition coefficient (Wildman–Crippen LogP) is 1.93. The van der Waals surface area contributed by atoms with Gasteiger partial charge >= 0.3 is 5.97 Å². The van der Waals surface area contributed by atoms with E-state index in [2.05, 4.69) is 10.3 Å². The van der Waals surface area contributed by atoms with Gasteiger partial charge < -0.3 is 9.63 Å². The lowest BCUT2D eigenvalue weighted by atomic mass is 10.1. The smallest absolute Gasteiger partial charge is 0.374 e. The van der Waals surface area contributed by atoms with E-state index < -0.39 is 5.97 Å². The van der Waals surface area contributed by atoms with Crippen LogP contribution < -0.4 is 0 Å². The van der Waals surface area contributed by atoms with E-state index in [1.165, 1.54) is 6.07 Å². The van der Waals surface area contributed by atoms with E-state index in [0.717, 1.165) is 16.6 Å². The Bertz CT molecular complexity index is 742. The summed E-state index contributed by atoms with van der Waals surface area (Å²) >= 11 is 0. The second-order valence-electron chi connectivity index (χ2n) is 3.87. The molecule has 0 radical (unpaired) electrons. The molecule has 0 fully saturated rings. The van der Waals surface area contributed by atoms with Crippen LogP contribution in [0.5, 0.6) is 0 Å². The first-order chi connectivity index (χ1) is 8.66. The first-order valence-corrected chi connectivity index (χ1v) is 5.29. The van der Waals surface area contributed by atoms with Crippen LogP contribution in [0.25, 0.3) is 22.3 Å². The largest absolute Gasteiger partial charge is 0.475 e. The van der Waals surface area contributed by atoms with Gasteiger partial charge in [-0.3, -0.25) is 4.68 Å². The van der Waals surface area contributed by atoms with Gasteiger partial charge in [0.1, 0.15) is 5.69 Å². The molecule has 0 saturated heterocycles. The number of aryl methyl sites for hydroxylation is 1. The Morgan fingerprint density at radius 2 is 2.17 bits per heavy atom. The molecule has 18 heavy (non-hydrogen) atoms. The van der Waals surface area contributed by atoms with E-state index in [1.807, 2.05) is 24.3 Å². The third-order valence-corrected chi connectivity index (χ3v) is 2.70. The van der Waals surface area contributed by atoms with Gasteiger partial charge in [0.2, 0.25) is 5.76 Å². The molecule has 90 valence electrons. The zero-order chi connectivity index (χ0) is 12.7. The van der Waals surface area contributed by atoms with E-state index in [9.17, 15) is 4.79 Å². The fourth-order valence-corrected chi connectivity index (χ4v) is 1.94. The molecule has 3 aromatic rings. The summed E-state index contributed by atoms with van der Waals surface area (Å²) in [6.45, 7) is 0. The van der Waals surface area contributed by atoms with Crippen LogP contribution in [0.2, 0.25) is 0 Å². The zero-order valence-corrected chi connectivity index (χ0v) is 9.49. The number of aromatic nitrogens is 3. The van der Waals surface area contributed by atoms with Crippen LogP contribution in [0.4, 0.5) is 0 Å². The quantitative estimate of drug-likeness (QED) is 0.743. The van der Waals surface area contributed by atoms with Gasteiger partial charge in [-0.2, -0.15) is 5.10 Å². The standard InChI is InChI=1S/C12H9N3O3/c1-15-11(7-4-2-3-5-8(7)13-15)9-6-10(12(16)17)18-14-9/h2-6H,1H3,(H,16,17). The molecule has 2 heterocycles. The number of rotatable bonds is 2. The molecule has 0 atom stereocenters. The topological polar surface area (TPSA) is 81.2 Å². The van der Waals surface area contributed by atoms with Crippen molar-refractivity contribution >= 4 is 16.9 Å². The summed E-state index contributed by atoms with van der Waals surface area (Å²) in [4.78, 5) is 10.8. The molecule has 1 N–H and O–H groups in total. The Balaban J connectivity index is 2.24. The second-order valence-corrected chi connectivity index (χ2v) is 3.87. The lowest BCUT2D eigenvalue weighted by Gasteiger charge is -1.95. The fraction of sp³-hybridized carbons (Fsp3) is 0.0833. The van der Waals surface area contributed by atoms with Crippen LogP contribution in [-0.4, -0.2) is 26.0 Å². The van der Waals surface area contributed by atoms with E-state index in [1.54, 1.807) is 11.7 Å². The Hall–Kier alpha value is -2.63. The Labute approximate surface area is 101 Å². The number of fused-ring (bicyclic) bond motifs is 1. The number of benzene rings is 1. The highest BCUT2D eigenvalue weighted by atomic mass is 16.5. The summed E-state index contributed by atoms with van der Waals surface area (Å²) in [5, 5.41) is 17.8. The fourth-order valence-electron chi connectivity index (χ4n) is 1.94. The summed E-state index contributed by atoms with van der Waals surface area (Å²) in [6.07, 6.45) is 0. The summed E-state index contributed by atoms with van der Waals surface area (Å²) in [5.41, 5.74) is 2.03. The van der Waals surface area contributed by atoms with Gasteiger partial charge in [-0.1, -0.05) is 23.4 Å². The SMILES string of the molecule is Cn1nc2ccccc2c1-c1cc(C(=O)O)on1. The number of hydrogen-bond donors (Lipinski definition) is 1. The molecule has 6 heteroatoms. The average molecular weight is 243 g/mol. The lowest BCUT2D eigenvalue weighted by molar-refractivity contribution is 0.0652. The molecule has 0 unspecified atom stereocenters. The number of carboxylic acid groups (broad SMARTS) is 1. The van der Waals surface area contributed by atoms with Crippen molar-refractivity contribution in [1.82, 2.24) is 14.9 Å². The summed E-state index contributed by atoms with van der Waals surface area (Å²) in [6, 6.07) is 8.98. The Kier molecular flexibility index (Phi) is 2.16. The minimum atomic E-state index is -1.14. The number of hydrogen-bond acceptors (Lipinski definition) is 4. The Morgan fingerprint density at radius 1 is 1.39 bits per heavy atom. The van der Waals surface area contributed by atoms with E-state index >= 15 is 0 Å². The van der Waals surface area contributed by atoms with Gasteiger partial charge in [-0.25, -0.2) is 4.79 Å². The van der Waals surface area contributed by atoms with Crippen molar-refractivity contribution in [2.45, 2.75) is 0 Å². The van der Waals surface area contributed by atoms with Crippen molar-refractivity contribution in [2.24, 2.45) is 7.05 Å². The first kappa shape index (κ1) is 10.5. The van der Waals surface area contributed by atoms with Crippen LogP contribution in [-0.2, 0) is 7.05 Å². The average Bonchev–Trinajstić information content (AvgIpc) is 2.91. The second kappa shape index (κ2) is 3.69. The molecule has 0 aliphatic carbocycles. The van der Waals surface area contributed by atoms with Gasteiger partial charge in [0, 0.05) is 18.5 Å². The summed E-state index contributed by atoms with van der Waals surface area (Å²) in [5.74, 6) is -1.32. The maximum atomic E-state index is 10.8. The maximum absolute atomic E-state index is 10.8. The van der Waals surface area contributed by atoms with Crippen molar-refractivity contribution in [3.8, 4) is 11.4 Å². The van der Waals surface area contributed by atoms with Crippen LogP contribution in [0.3, 0.4) is 0 Å². The molecule has 0 bridgehead atoms. The van der Waals surface area contributed by atoms with Crippen LogP contribution in [0.15, 0.2) is 34.9 Å². The third-order valence-electron chi connectivity index (χ3n) is 2.70. The number of carboxylic acids is 1. The molecule has 0 amide bonds. The molecule has 2 aromatic heterocycles. The minimum Gasteiger partial charge on any atom is -0.475 e. The van der Waals surface area contributed by atoms with Crippen molar-refractivity contribution in [2.75, 3.05) is 0 Å². The predicted molar refractivity (Wildman–Crippen MR) is 63.2 cm³/mol. The summed E-state index contributed by atoms with van der Waals surface area (Å²) in [7, 11) is 1.78. The molecule has 0 saturated carbocycles. The van der Waals surface area contributed by atoms with E-state index in [0.29, 0.717) is 5.69 Å². The molecule has 0 aliphatic heterocycles. The van der Waals surface area contributed by atoms with Gasteiger partial charge in [0.25, 0.3) is 0 Å². The molecular weight excluding hydrogens is 234 g/mol. The van der Waals surface area contributed by atoms with Gasteiger partial charge in [-0.05, 0) is 6.07 Å². The van der Waals surface area contributed by atoms with Crippen LogP contribution in [0.1, 0.15) is 10.6 Å². The van der Waals surface area contributed by atoms with Crippen LogP contribution in [0, 0.1) is 0 Å². The van der Waals surface area contributed by atoms with Gasteiger partial charge in [0.05, 0.1) is 11.2 Å². The summed E-state index contributed by atoms with van der Waals surface area (Å²) < 4.78 is 6.42. The first-order valence-electron chi connectivity index (χ1n) is 5.29. The molecule has 3 rings (SSSR count). The maximum Gasteiger partial charge on any atom is 0.374 e.